The number of pyridine rings is 2. The molecule has 3 heterocycles. The Labute approximate surface area is 150 Å². The lowest BCUT2D eigenvalue weighted by Crippen LogP contribution is -2.34. The summed E-state index contributed by atoms with van der Waals surface area (Å²) in [6.45, 7) is 2.84. The Hall–Kier alpha value is -3.16. The zero-order chi connectivity index (χ0) is 18.7. The zero-order valence-electron chi connectivity index (χ0n) is 14.8. The first-order valence-electron chi connectivity index (χ1n) is 8.48. The molecule has 0 spiro atoms. The van der Waals surface area contributed by atoms with Gasteiger partial charge in [0.25, 0.3) is 0 Å². The molecule has 2 N–H and O–H groups in total. The second kappa shape index (κ2) is 7.38. The maximum absolute atomic E-state index is 11.9. The Bertz CT molecular complexity index is 906. The fourth-order valence-corrected chi connectivity index (χ4v) is 3.00. The van der Waals surface area contributed by atoms with E-state index in [0.29, 0.717) is 12.2 Å². The topological polar surface area (TPSA) is 100 Å². The minimum absolute atomic E-state index is 0.0807. The first kappa shape index (κ1) is 17.7. The highest BCUT2D eigenvalue weighted by Crippen LogP contribution is 2.31. The van der Waals surface area contributed by atoms with Crippen molar-refractivity contribution in [3.63, 3.8) is 0 Å². The molecule has 0 radical (unpaired) electrons. The lowest BCUT2D eigenvalue weighted by molar-refractivity contribution is 0.0525. The van der Waals surface area contributed by atoms with Gasteiger partial charge >= 0.3 is 12.0 Å². The highest BCUT2D eigenvalue weighted by molar-refractivity contribution is 5.90. The summed E-state index contributed by atoms with van der Waals surface area (Å²) in [5.74, 6) is 0.390. The SMILES string of the molecule is CCOC(=O)c1cnc2c(c1)CCCN2c1ccn(C(=O)NC)c(=N)c1. The smallest absolute Gasteiger partial charge is 0.339 e. The van der Waals surface area contributed by atoms with E-state index in [-0.39, 0.29) is 17.5 Å². The average molecular weight is 355 g/mol. The van der Waals surface area contributed by atoms with Gasteiger partial charge in [-0.05, 0) is 37.5 Å². The van der Waals surface area contributed by atoms with E-state index < -0.39 is 0 Å². The van der Waals surface area contributed by atoms with E-state index in [4.69, 9.17) is 10.1 Å². The molecule has 0 saturated carbocycles. The van der Waals surface area contributed by atoms with Crippen LogP contribution < -0.4 is 15.7 Å². The molecule has 0 aromatic carbocycles. The van der Waals surface area contributed by atoms with Crippen molar-refractivity contribution in [2.45, 2.75) is 19.8 Å². The number of anilines is 2. The van der Waals surface area contributed by atoms with Gasteiger partial charge in [-0.25, -0.2) is 14.6 Å². The molecule has 1 aliphatic heterocycles. The average Bonchev–Trinajstić information content (AvgIpc) is 2.66. The van der Waals surface area contributed by atoms with Gasteiger partial charge < -0.3 is 15.0 Å². The van der Waals surface area contributed by atoms with E-state index in [1.807, 2.05) is 11.0 Å². The predicted octanol–water partition coefficient (Wildman–Crippen LogP) is 1.81. The van der Waals surface area contributed by atoms with Gasteiger partial charge in [0.05, 0.1) is 12.2 Å². The number of nitrogens with zero attached hydrogens (tertiary/aromatic N) is 3. The monoisotopic (exact) mass is 355 g/mol. The van der Waals surface area contributed by atoms with Crippen LogP contribution in [0.1, 0.15) is 29.3 Å². The van der Waals surface area contributed by atoms with Gasteiger partial charge in [-0.3, -0.25) is 9.98 Å². The summed E-state index contributed by atoms with van der Waals surface area (Å²) < 4.78 is 6.26. The summed E-state index contributed by atoms with van der Waals surface area (Å²) in [7, 11) is 1.52. The number of rotatable bonds is 3. The van der Waals surface area contributed by atoms with E-state index in [0.717, 1.165) is 36.5 Å². The van der Waals surface area contributed by atoms with Crippen molar-refractivity contribution in [2.75, 3.05) is 25.1 Å². The van der Waals surface area contributed by atoms with Crippen LogP contribution in [0.3, 0.4) is 0 Å². The lowest BCUT2D eigenvalue weighted by Gasteiger charge is -2.30. The predicted molar refractivity (Wildman–Crippen MR) is 95.7 cm³/mol. The van der Waals surface area contributed by atoms with Crippen molar-refractivity contribution in [3.05, 3.63) is 47.2 Å². The summed E-state index contributed by atoms with van der Waals surface area (Å²) >= 11 is 0. The first-order valence-corrected chi connectivity index (χ1v) is 8.48. The number of carbonyl (C=O) groups excluding carboxylic acids is 2. The molecule has 0 unspecified atom stereocenters. The number of nitrogens with one attached hydrogen (secondary N) is 2. The van der Waals surface area contributed by atoms with Gasteiger partial charge in [-0.2, -0.15) is 0 Å². The first-order chi connectivity index (χ1) is 12.5. The fourth-order valence-electron chi connectivity index (χ4n) is 3.00. The van der Waals surface area contributed by atoms with Crippen LogP contribution in [0.2, 0.25) is 0 Å². The Kier molecular flexibility index (Phi) is 5.01. The fraction of sp³-hybridized carbons (Fsp3) is 0.333. The molecule has 0 aliphatic carbocycles. The third-order valence-electron chi connectivity index (χ3n) is 4.22. The molecule has 136 valence electrons. The van der Waals surface area contributed by atoms with Gasteiger partial charge in [0.15, 0.2) is 0 Å². The molecule has 3 rings (SSSR count). The molecule has 8 nitrogen and oxygen atoms in total. The number of hydrogen-bond donors (Lipinski definition) is 2. The van der Waals surface area contributed by atoms with Gasteiger partial charge in [0.1, 0.15) is 11.3 Å². The molecule has 0 bridgehead atoms. The Morgan fingerprint density at radius 3 is 2.88 bits per heavy atom. The van der Waals surface area contributed by atoms with Crippen molar-refractivity contribution in [1.82, 2.24) is 14.9 Å². The Balaban J connectivity index is 1.95. The molecule has 0 saturated heterocycles. The molecule has 2 aromatic rings. The van der Waals surface area contributed by atoms with E-state index in [1.54, 1.807) is 25.3 Å². The van der Waals surface area contributed by atoms with Crippen LogP contribution >= 0.6 is 0 Å². The summed E-state index contributed by atoms with van der Waals surface area (Å²) in [5, 5.41) is 10.6. The molecule has 1 aliphatic rings. The van der Waals surface area contributed by atoms with Crippen LogP contribution in [0.4, 0.5) is 16.3 Å². The minimum Gasteiger partial charge on any atom is -0.462 e. The highest BCUT2D eigenvalue weighted by atomic mass is 16.5. The molecular formula is C18H21N5O3. The maximum atomic E-state index is 11.9. The van der Waals surface area contributed by atoms with Gasteiger partial charge in [0, 0.05) is 37.7 Å². The van der Waals surface area contributed by atoms with E-state index in [9.17, 15) is 9.59 Å². The number of aromatic nitrogens is 2. The van der Waals surface area contributed by atoms with Crippen LogP contribution in [-0.2, 0) is 11.2 Å². The van der Waals surface area contributed by atoms with Crippen molar-refractivity contribution < 1.29 is 14.3 Å². The summed E-state index contributed by atoms with van der Waals surface area (Å²) in [6.07, 6.45) is 4.81. The van der Waals surface area contributed by atoms with E-state index >= 15 is 0 Å². The maximum Gasteiger partial charge on any atom is 0.339 e. The number of ether oxygens (including phenoxy) is 1. The van der Waals surface area contributed by atoms with Crippen molar-refractivity contribution in [3.8, 4) is 0 Å². The number of esters is 1. The van der Waals surface area contributed by atoms with E-state index in [1.165, 1.54) is 17.8 Å². The highest BCUT2D eigenvalue weighted by Gasteiger charge is 2.22. The van der Waals surface area contributed by atoms with Crippen LogP contribution in [-0.4, -0.2) is 41.8 Å². The van der Waals surface area contributed by atoms with Gasteiger partial charge in [-0.15, -0.1) is 0 Å². The second-order valence-corrected chi connectivity index (χ2v) is 5.88. The van der Waals surface area contributed by atoms with Crippen LogP contribution in [0.5, 0.6) is 0 Å². The largest absolute Gasteiger partial charge is 0.462 e. The van der Waals surface area contributed by atoms with Crippen molar-refractivity contribution >= 4 is 23.5 Å². The van der Waals surface area contributed by atoms with Crippen molar-refractivity contribution in [2.24, 2.45) is 0 Å². The molecule has 0 fully saturated rings. The summed E-state index contributed by atoms with van der Waals surface area (Å²) in [4.78, 5) is 30.1. The van der Waals surface area contributed by atoms with Crippen molar-refractivity contribution in [1.29, 1.82) is 5.41 Å². The van der Waals surface area contributed by atoms with Gasteiger partial charge in [-0.1, -0.05) is 0 Å². The minimum atomic E-state index is -0.375. The molecule has 26 heavy (non-hydrogen) atoms. The number of amides is 1. The quantitative estimate of drug-likeness (QED) is 0.818. The third kappa shape index (κ3) is 3.30. The molecule has 8 heteroatoms. The van der Waals surface area contributed by atoms with E-state index in [2.05, 4.69) is 10.3 Å². The lowest BCUT2D eigenvalue weighted by atomic mass is 10.0. The molecular weight excluding hydrogens is 334 g/mol. The normalized spacial score (nSPS) is 13.1. The third-order valence-corrected chi connectivity index (χ3v) is 4.22. The molecule has 2 aromatic heterocycles. The zero-order valence-corrected chi connectivity index (χ0v) is 14.8. The number of aryl methyl sites for hydroxylation is 1. The summed E-state index contributed by atoms with van der Waals surface area (Å²) in [6, 6.07) is 4.87. The second-order valence-electron chi connectivity index (χ2n) is 5.88. The van der Waals surface area contributed by atoms with Crippen LogP contribution in [0.25, 0.3) is 0 Å². The van der Waals surface area contributed by atoms with Crippen LogP contribution in [0, 0.1) is 5.41 Å². The van der Waals surface area contributed by atoms with Gasteiger partial charge in [0.2, 0.25) is 0 Å². The van der Waals surface area contributed by atoms with Crippen LogP contribution in [0.15, 0.2) is 30.6 Å². The standard InChI is InChI=1S/C18H21N5O3/c1-3-26-17(24)13-9-12-5-4-7-22(16(12)21-11-13)14-6-8-23(15(19)10-14)18(25)20-2/h6,8-11,19H,3-5,7H2,1-2H3,(H,20,25). The Morgan fingerprint density at radius 2 is 2.19 bits per heavy atom. The Morgan fingerprint density at radius 1 is 1.38 bits per heavy atom. The number of carbonyl (C=O) groups is 2. The number of fused-ring (bicyclic) bond motifs is 1. The number of hydrogen-bond acceptors (Lipinski definition) is 6. The summed E-state index contributed by atoms with van der Waals surface area (Å²) in [5.41, 5.74) is 2.28. The molecule has 0 atom stereocenters. The molecule has 1 amide bonds.